The first-order valence-corrected chi connectivity index (χ1v) is 7.64. The normalized spacial score (nSPS) is 12.4. The van der Waals surface area contributed by atoms with E-state index in [4.69, 9.17) is 5.11 Å². The number of unbranched alkanes of at least 4 members (excludes halogenated alkanes) is 5. The van der Waals surface area contributed by atoms with Gasteiger partial charge in [0, 0.05) is 6.42 Å². The van der Waals surface area contributed by atoms with Crippen LogP contribution >= 0.6 is 0 Å². The van der Waals surface area contributed by atoms with Crippen LogP contribution in [0.2, 0.25) is 0 Å². The lowest BCUT2D eigenvalue weighted by molar-refractivity contribution is -0.137. The molecule has 0 saturated carbocycles. The molecule has 0 bridgehead atoms. The molecule has 0 aromatic heterocycles. The maximum absolute atomic E-state index is 10.3. The maximum Gasteiger partial charge on any atom is 0.303 e. The van der Waals surface area contributed by atoms with Crippen LogP contribution in [0.4, 0.5) is 0 Å². The van der Waals surface area contributed by atoms with Crippen molar-refractivity contribution in [3.63, 3.8) is 0 Å². The van der Waals surface area contributed by atoms with E-state index < -0.39 is 5.97 Å². The molecule has 0 aromatic carbocycles. The van der Waals surface area contributed by atoms with E-state index in [-0.39, 0.29) is 6.42 Å². The van der Waals surface area contributed by atoms with Crippen molar-refractivity contribution in [3.05, 3.63) is 48.6 Å². The Kier molecular flexibility index (Phi) is 14.3. The van der Waals surface area contributed by atoms with Gasteiger partial charge in [-0.25, -0.2) is 0 Å². The van der Waals surface area contributed by atoms with Crippen molar-refractivity contribution in [1.82, 2.24) is 0 Å². The molecule has 1 N–H and O–H groups in total. The fourth-order valence-electron chi connectivity index (χ4n) is 1.66. The van der Waals surface area contributed by atoms with Gasteiger partial charge in [-0.1, -0.05) is 68.4 Å². The molecule has 0 fully saturated rings. The number of hydrogen-bond acceptors (Lipinski definition) is 1. The van der Waals surface area contributed by atoms with E-state index in [9.17, 15) is 4.79 Å². The van der Waals surface area contributed by atoms with Crippen LogP contribution in [0, 0.1) is 0 Å². The zero-order valence-electron chi connectivity index (χ0n) is 12.6. The summed E-state index contributed by atoms with van der Waals surface area (Å²) >= 11 is 0. The van der Waals surface area contributed by atoms with Gasteiger partial charge in [0.2, 0.25) is 0 Å². The molecular weight excluding hydrogens is 248 g/mol. The summed E-state index contributed by atoms with van der Waals surface area (Å²) in [5.74, 6) is -0.707. The van der Waals surface area contributed by atoms with Gasteiger partial charge in [-0.15, -0.1) is 0 Å². The molecule has 0 radical (unpaired) electrons. The van der Waals surface area contributed by atoms with Gasteiger partial charge in [0.15, 0.2) is 0 Å². The van der Waals surface area contributed by atoms with Gasteiger partial charge >= 0.3 is 5.97 Å². The number of aliphatic carboxylic acids is 1. The highest BCUT2D eigenvalue weighted by atomic mass is 16.4. The molecule has 0 aliphatic rings. The highest BCUT2D eigenvalue weighted by Crippen LogP contribution is 2.01. The molecule has 112 valence electrons. The van der Waals surface area contributed by atoms with Crippen molar-refractivity contribution in [2.24, 2.45) is 0 Å². The number of allylic oxidation sites excluding steroid dienone is 8. The predicted octanol–water partition coefficient (Wildman–Crippen LogP) is 5.44. The summed E-state index contributed by atoms with van der Waals surface area (Å²) in [5.41, 5.74) is 0. The van der Waals surface area contributed by atoms with E-state index in [1.54, 1.807) is 0 Å². The van der Waals surface area contributed by atoms with Crippen molar-refractivity contribution in [1.29, 1.82) is 0 Å². The van der Waals surface area contributed by atoms with Crippen molar-refractivity contribution in [2.45, 2.75) is 58.3 Å². The zero-order valence-corrected chi connectivity index (χ0v) is 12.6. The van der Waals surface area contributed by atoms with Crippen LogP contribution in [0.15, 0.2) is 48.6 Å². The fraction of sp³-hybridized carbons (Fsp3) is 0.500. The number of carboxylic acid groups (broad SMARTS) is 1. The topological polar surface area (TPSA) is 37.3 Å². The van der Waals surface area contributed by atoms with Crippen LogP contribution < -0.4 is 0 Å². The Morgan fingerprint density at radius 1 is 0.800 bits per heavy atom. The first-order valence-electron chi connectivity index (χ1n) is 7.64. The third-order valence-corrected chi connectivity index (χ3v) is 2.81. The lowest BCUT2D eigenvalue weighted by Gasteiger charge is -1.91. The van der Waals surface area contributed by atoms with E-state index in [2.05, 4.69) is 25.2 Å². The summed E-state index contributed by atoms with van der Waals surface area (Å²) in [4.78, 5) is 10.3. The van der Waals surface area contributed by atoms with Crippen LogP contribution in [-0.4, -0.2) is 11.1 Å². The van der Waals surface area contributed by atoms with Crippen LogP contribution in [0.1, 0.15) is 58.3 Å². The first-order chi connectivity index (χ1) is 9.77. The lowest BCUT2D eigenvalue weighted by atomic mass is 10.2. The molecule has 0 aliphatic carbocycles. The highest BCUT2D eigenvalue weighted by molar-refractivity contribution is 5.66. The smallest absolute Gasteiger partial charge is 0.303 e. The number of carbonyl (C=O) groups is 1. The summed E-state index contributed by atoms with van der Waals surface area (Å²) in [6, 6.07) is 0. The molecule has 2 heteroatoms. The Morgan fingerprint density at radius 3 is 1.80 bits per heavy atom. The van der Waals surface area contributed by atoms with Gasteiger partial charge in [-0.05, 0) is 32.1 Å². The minimum absolute atomic E-state index is 0.275. The van der Waals surface area contributed by atoms with Gasteiger partial charge in [0.05, 0.1) is 0 Å². The standard InChI is InChI=1S/C18H28O2/c1-2-3-4-5-6-7-8-9-10-11-12-13-14-15-16-17-18(19)20/h6-13H,2-5,14-17H2,1H3,(H,19,20)/b7-6+,9-8+,11-10?,13-12?. The van der Waals surface area contributed by atoms with Crippen LogP contribution in [-0.2, 0) is 4.79 Å². The van der Waals surface area contributed by atoms with Crippen LogP contribution in [0.3, 0.4) is 0 Å². The Balaban J connectivity index is 3.47. The van der Waals surface area contributed by atoms with Gasteiger partial charge in [-0.2, -0.15) is 0 Å². The van der Waals surface area contributed by atoms with Crippen molar-refractivity contribution in [3.8, 4) is 0 Å². The monoisotopic (exact) mass is 276 g/mol. The molecular formula is C18H28O2. The molecule has 0 spiro atoms. The van der Waals surface area contributed by atoms with Crippen LogP contribution in [0.5, 0.6) is 0 Å². The fourth-order valence-corrected chi connectivity index (χ4v) is 1.66. The molecule has 0 heterocycles. The van der Waals surface area contributed by atoms with E-state index >= 15 is 0 Å². The first kappa shape index (κ1) is 18.4. The quantitative estimate of drug-likeness (QED) is 0.381. The van der Waals surface area contributed by atoms with Gasteiger partial charge in [0.25, 0.3) is 0 Å². The number of carboxylic acids is 1. The van der Waals surface area contributed by atoms with E-state index in [1.807, 2.05) is 30.4 Å². The second kappa shape index (κ2) is 15.5. The van der Waals surface area contributed by atoms with Crippen molar-refractivity contribution < 1.29 is 9.90 Å². The van der Waals surface area contributed by atoms with Gasteiger partial charge in [0.1, 0.15) is 0 Å². The SMILES string of the molecule is CCCCC/C=C/C=C/C=CC=CCCCCC(=O)O. The molecule has 20 heavy (non-hydrogen) atoms. The minimum atomic E-state index is -0.707. The van der Waals surface area contributed by atoms with Gasteiger partial charge in [-0.3, -0.25) is 4.79 Å². The predicted molar refractivity (Wildman–Crippen MR) is 86.8 cm³/mol. The van der Waals surface area contributed by atoms with Crippen molar-refractivity contribution in [2.75, 3.05) is 0 Å². The average Bonchev–Trinajstić information content (AvgIpc) is 2.43. The zero-order chi connectivity index (χ0) is 14.9. The second-order valence-electron chi connectivity index (χ2n) is 4.76. The third kappa shape index (κ3) is 16.4. The Bertz CT molecular complexity index is 335. The molecule has 0 aliphatic heterocycles. The lowest BCUT2D eigenvalue weighted by Crippen LogP contribution is -1.92. The summed E-state index contributed by atoms with van der Waals surface area (Å²) in [5, 5.41) is 8.48. The molecule has 0 saturated heterocycles. The summed E-state index contributed by atoms with van der Waals surface area (Å²) in [7, 11) is 0. The van der Waals surface area contributed by atoms with Crippen LogP contribution in [0.25, 0.3) is 0 Å². The summed E-state index contributed by atoms with van der Waals surface area (Å²) < 4.78 is 0. The molecule has 0 atom stereocenters. The molecule has 0 unspecified atom stereocenters. The molecule has 0 aromatic rings. The number of hydrogen-bond donors (Lipinski definition) is 1. The second-order valence-corrected chi connectivity index (χ2v) is 4.76. The maximum atomic E-state index is 10.3. The summed E-state index contributed by atoms with van der Waals surface area (Å²) in [6.07, 6.45) is 24.4. The Hall–Kier alpha value is -1.57. The van der Waals surface area contributed by atoms with Gasteiger partial charge < -0.3 is 5.11 Å². The molecule has 0 rings (SSSR count). The molecule has 0 amide bonds. The van der Waals surface area contributed by atoms with E-state index in [0.29, 0.717) is 0 Å². The third-order valence-electron chi connectivity index (χ3n) is 2.81. The minimum Gasteiger partial charge on any atom is -0.481 e. The average molecular weight is 276 g/mol. The summed E-state index contributed by atoms with van der Waals surface area (Å²) in [6.45, 7) is 2.22. The molecule has 2 nitrogen and oxygen atoms in total. The van der Waals surface area contributed by atoms with Crippen molar-refractivity contribution >= 4 is 5.97 Å². The largest absolute Gasteiger partial charge is 0.481 e. The Morgan fingerprint density at radius 2 is 1.30 bits per heavy atom. The number of rotatable bonds is 12. The highest BCUT2D eigenvalue weighted by Gasteiger charge is 1.93. The van der Waals surface area contributed by atoms with E-state index in [1.165, 1.54) is 19.3 Å². The van der Waals surface area contributed by atoms with E-state index in [0.717, 1.165) is 25.7 Å². The Labute approximate surface area is 123 Å².